The zero-order chi connectivity index (χ0) is 9.97. The topological polar surface area (TPSA) is 9.23 Å². The molecule has 0 bridgehead atoms. The lowest BCUT2D eigenvalue weighted by molar-refractivity contribution is 0.210. The van der Waals surface area contributed by atoms with Crippen LogP contribution in [0.5, 0.6) is 5.75 Å². The fourth-order valence-corrected chi connectivity index (χ4v) is 2.33. The molecule has 1 aromatic rings. The zero-order valence-corrected chi connectivity index (χ0v) is 10.6. The molecule has 1 aliphatic rings. The van der Waals surface area contributed by atoms with E-state index >= 15 is 0 Å². The van der Waals surface area contributed by atoms with Gasteiger partial charge in [-0.2, -0.15) is 0 Å². The molecule has 0 spiro atoms. The summed E-state index contributed by atoms with van der Waals surface area (Å²) < 4.78 is 7.20. The van der Waals surface area contributed by atoms with E-state index < -0.39 is 0 Å². The summed E-state index contributed by atoms with van der Waals surface area (Å²) in [5, 5.41) is 0. The number of hydrogen-bond donors (Lipinski definition) is 0. The van der Waals surface area contributed by atoms with Gasteiger partial charge in [-0.15, -0.1) is 0 Å². The van der Waals surface area contributed by atoms with E-state index in [9.17, 15) is 0 Å². The third-order valence-corrected chi connectivity index (χ3v) is 3.91. The molecule has 1 fully saturated rings. The van der Waals surface area contributed by atoms with Gasteiger partial charge in [0.15, 0.2) is 0 Å². The summed E-state index contributed by atoms with van der Waals surface area (Å²) in [7, 11) is 0. The standard InChI is InChI=1S/C12H15IO/c1-9-6-7-11(8-12(9)13)14-10-4-2-3-5-10/h6-8,10H,2-5H2,1H3. The Bertz CT molecular complexity index is 316. The summed E-state index contributed by atoms with van der Waals surface area (Å²) in [6, 6.07) is 6.34. The molecule has 0 atom stereocenters. The van der Waals surface area contributed by atoms with Gasteiger partial charge in [0.25, 0.3) is 0 Å². The molecule has 14 heavy (non-hydrogen) atoms. The predicted molar refractivity (Wildman–Crippen MR) is 66.8 cm³/mol. The van der Waals surface area contributed by atoms with Gasteiger partial charge < -0.3 is 4.74 Å². The van der Waals surface area contributed by atoms with Crippen molar-refractivity contribution in [2.45, 2.75) is 38.7 Å². The maximum Gasteiger partial charge on any atom is 0.120 e. The molecule has 0 amide bonds. The van der Waals surface area contributed by atoms with Crippen molar-refractivity contribution in [3.63, 3.8) is 0 Å². The minimum Gasteiger partial charge on any atom is -0.490 e. The molecule has 76 valence electrons. The second-order valence-electron chi connectivity index (χ2n) is 3.94. The van der Waals surface area contributed by atoms with Crippen LogP contribution in [0.15, 0.2) is 18.2 Å². The smallest absolute Gasteiger partial charge is 0.120 e. The Morgan fingerprint density at radius 1 is 1.29 bits per heavy atom. The van der Waals surface area contributed by atoms with Gasteiger partial charge in [-0.1, -0.05) is 6.07 Å². The highest BCUT2D eigenvalue weighted by Crippen LogP contribution is 2.25. The molecule has 1 saturated carbocycles. The van der Waals surface area contributed by atoms with Crippen molar-refractivity contribution in [3.8, 4) is 5.75 Å². The summed E-state index contributed by atoms with van der Waals surface area (Å²) in [5.74, 6) is 1.03. The third kappa shape index (κ3) is 2.41. The fourth-order valence-electron chi connectivity index (χ4n) is 1.85. The van der Waals surface area contributed by atoms with Crippen LogP contribution >= 0.6 is 22.6 Å². The van der Waals surface area contributed by atoms with Crippen LogP contribution in [0.4, 0.5) is 0 Å². The summed E-state index contributed by atoms with van der Waals surface area (Å²) in [6.07, 6.45) is 5.57. The lowest BCUT2D eigenvalue weighted by Crippen LogP contribution is -2.10. The molecule has 2 heteroatoms. The van der Waals surface area contributed by atoms with Gasteiger partial charge in [0.2, 0.25) is 0 Å². The fraction of sp³-hybridized carbons (Fsp3) is 0.500. The lowest BCUT2D eigenvalue weighted by atomic mass is 10.2. The van der Waals surface area contributed by atoms with Crippen molar-refractivity contribution in [1.29, 1.82) is 0 Å². The molecule has 0 radical (unpaired) electrons. The van der Waals surface area contributed by atoms with E-state index in [-0.39, 0.29) is 0 Å². The summed E-state index contributed by atoms with van der Waals surface area (Å²) in [6.45, 7) is 2.13. The first-order valence-corrected chi connectivity index (χ1v) is 6.26. The number of benzene rings is 1. The molecule has 1 aliphatic carbocycles. The zero-order valence-electron chi connectivity index (χ0n) is 8.42. The molecule has 0 heterocycles. The third-order valence-electron chi connectivity index (χ3n) is 2.75. The van der Waals surface area contributed by atoms with Crippen LogP contribution in [0.3, 0.4) is 0 Å². The first-order valence-electron chi connectivity index (χ1n) is 5.18. The summed E-state index contributed by atoms with van der Waals surface area (Å²) >= 11 is 2.36. The van der Waals surface area contributed by atoms with Crippen molar-refractivity contribution < 1.29 is 4.74 Å². The van der Waals surface area contributed by atoms with Crippen molar-refractivity contribution >= 4 is 22.6 Å². The average Bonchev–Trinajstić information content (AvgIpc) is 2.64. The minimum absolute atomic E-state index is 0.466. The summed E-state index contributed by atoms with van der Waals surface area (Å²) in [5.41, 5.74) is 1.32. The largest absolute Gasteiger partial charge is 0.490 e. The molecule has 1 aromatic carbocycles. The highest BCUT2D eigenvalue weighted by atomic mass is 127. The Hall–Kier alpha value is -0.250. The Morgan fingerprint density at radius 3 is 2.64 bits per heavy atom. The molecular formula is C12H15IO. The van der Waals surface area contributed by atoms with Gasteiger partial charge in [-0.25, -0.2) is 0 Å². The van der Waals surface area contributed by atoms with Crippen LogP contribution in [-0.4, -0.2) is 6.10 Å². The Labute approximate surface area is 99.0 Å². The maximum absolute atomic E-state index is 5.91. The highest BCUT2D eigenvalue weighted by molar-refractivity contribution is 14.1. The molecule has 0 unspecified atom stereocenters. The normalized spacial score (nSPS) is 17.3. The number of rotatable bonds is 2. The molecule has 0 saturated heterocycles. The summed E-state index contributed by atoms with van der Waals surface area (Å²) in [4.78, 5) is 0. The van der Waals surface area contributed by atoms with E-state index in [1.165, 1.54) is 34.8 Å². The van der Waals surface area contributed by atoms with Gasteiger partial charge in [-0.05, 0) is 72.9 Å². The van der Waals surface area contributed by atoms with Gasteiger partial charge >= 0.3 is 0 Å². The number of aryl methyl sites for hydroxylation is 1. The SMILES string of the molecule is Cc1ccc(OC2CCCC2)cc1I. The van der Waals surface area contributed by atoms with Crippen LogP contribution in [0.25, 0.3) is 0 Å². The Kier molecular flexibility index (Phi) is 3.31. The number of halogens is 1. The van der Waals surface area contributed by atoms with E-state index in [1.54, 1.807) is 0 Å². The molecule has 0 N–H and O–H groups in total. The first kappa shape index (κ1) is 10.3. The van der Waals surface area contributed by atoms with Crippen molar-refractivity contribution in [3.05, 3.63) is 27.3 Å². The van der Waals surface area contributed by atoms with Crippen molar-refractivity contribution in [1.82, 2.24) is 0 Å². The molecular weight excluding hydrogens is 287 g/mol. The van der Waals surface area contributed by atoms with Crippen LogP contribution in [-0.2, 0) is 0 Å². The van der Waals surface area contributed by atoms with E-state index in [4.69, 9.17) is 4.74 Å². The van der Waals surface area contributed by atoms with Gasteiger partial charge in [0.05, 0.1) is 6.10 Å². The van der Waals surface area contributed by atoms with Crippen molar-refractivity contribution in [2.75, 3.05) is 0 Å². The number of ether oxygens (including phenoxy) is 1. The highest BCUT2D eigenvalue weighted by Gasteiger charge is 2.16. The second-order valence-corrected chi connectivity index (χ2v) is 5.10. The second kappa shape index (κ2) is 4.51. The van der Waals surface area contributed by atoms with Crippen LogP contribution in [0.1, 0.15) is 31.2 Å². The lowest BCUT2D eigenvalue weighted by Gasteiger charge is -2.13. The minimum atomic E-state index is 0.466. The Balaban J connectivity index is 2.05. The molecule has 2 rings (SSSR count). The van der Waals surface area contributed by atoms with Gasteiger partial charge in [-0.3, -0.25) is 0 Å². The van der Waals surface area contributed by atoms with E-state index in [2.05, 4.69) is 47.7 Å². The number of hydrogen-bond acceptors (Lipinski definition) is 1. The van der Waals surface area contributed by atoms with Gasteiger partial charge in [0, 0.05) is 3.57 Å². The molecule has 1 nitrogen and oxygen atoms in total. The van der Waals surface area contributed by atoms with E-state index in [0.717, 1.165) is 5.75 Å². The quantitative estimate of drug-likeness (QED) is 0.752. The van der Waals surface area contributed by atoms with Crippen molar-refractivity contribution in [2.24, 2.45) is 0 Å². The molecule has 0 aliphatic heterocycles. The van der Waals surface area contributed by atoms with Crippen LogP contribution in [0.2, 0.25) is 0 Å². The van der Waals surface area contributed by atoms with Crippen LogP contribution in [0, 0.1) is 10.5 Å². The van der Waals surface area contributed by atoms with Crippen LogP contribution < -0.4 is 4.74 Å². The van der Waals surface area contributed by atoms with Gasteiger partial charge in [0.1, 0.15) is 5.75 Å². The first-order chi connectivity index (χ1) is 6.75. The predicted octanol–water partition coefficient (Wildman–Crippen LogP) is 3.92. The molecule has 0 aromatic heterocycles. The Morgan fingerprint density at radius 2 is 2.00 bits per heavy atom. The maximum atomic E-state index is 5.91. The van der Waals surface area contributed by atoms with E-state index in [1.807, 2.05) is 0 Å². The average molecular weight is 302 g/mol. The monoisotopic (exact) mass is 302 g/mol. The van der Waals surface area contributed by atoms with E-state index in [0.29, 0.717) is 6.10 Å².